The Kier molecular flexibility index (Phi) is 11.1. The number of halogens is 1. The molecule has 2 aromatic carbocycles. The SMILES string of the molecule is C=C(C)C(=O)Cl.C=C(C)C(=O)Oc1ccccc1.Oc1ccccc1. The molecule has 0 saturated heterocycles. The molecule has 0 fully saturated rings. The van der Waals surface area contributed by atoms with E-state index < -0.39 is 5.24 Å². The molecule has 0 aliphatic heterocycles. The summed E-state index contributed by atoms with van der Waals surface area (Å²) < 4.78 is 4.94. The van der Waals surface area contributed by atoms with E-state index >= 15 is 0 Å². The van der Waals surface area contributed by atoms with E-state index in [9.17, 15) is 9.59 Å². The number of rotatable bonds is 3. The van der Waals surface area contributed by atoms with E-state index in [0.717, 1.165) is 0 Å². The van der Waals surface area contributed by atoms with E-state index in [0.29, 0.717) is 22.6 Å². The Morgan fingerprint density at radius 2 is 1.28 bits per heavy atom. The third-order valence-corrected chi connectivity index (χ3v) is 2.72. The average molecular weight is 361 g/mol. The normalized spacial score (nSPS) is 8.60. The van der Waals surface area contributed by atoms with Crippen molar-refractivity contribution in [2.24, 2.45) is 0 Å². The molecule has 2 rings (SSSR count). The zero-order valence-corrected chi connectivity index (χ0v) is 15.0. The average Bonchev–Trinajstić information content (AvgIpc) is 2.57. The Hall–Kier alpha value is -2.85. The molecule has 0 aromatic heterocycles. The van der Waals surface area contributed by atoms with Crippen LogP contribution in [0.5, 0.6) is 11.5 Å². The van der Waals surface area contributed by atoms with Gasteiger partial charge in [0.05, 0.1) is 0 Å². The number of esters is 1. The van der Waals surface area contributed by atoms with E-state index in [1.54, 1.807) is 62.4 Å². The van der Waals surface area contributed by atoms with E-state index in [1.807, 2.05) is 12.1 Å². The number of phenols is 1. The van der Waals surface area contributed by atoms with E-state index in [4.69, 9.17) is 21.4 Å². The summed E-state index contributed by atoms with van der Waals surface area (Å²) in [5.41, 5.74) is 0.788. The van der Waals surface area contributed by atoms with Crippen LogP contribution in [0.3, 0.4) is 0 Å². The number of hydrogen-bond donors (Lipinski definition) is 1. The number of carbonyl (C=O) groups excluding carboxylic acids is 2. The van der Waals surface area contributed by atoms with Crippen LogP contribution in [0.2, 0.25) is 0 Å². The summed E-state index contributed by atoms with van der Waals surface area (Å²) in [7, 11) is 0. The van der Waals surface area contributed by atoms with Gasteiger partial charge in [-0.2, -0.15) is 0 Å². The van der Waals surface area contributed by atoms with Crippen LogP contribution in [0.4, 0.5) is 0 Å². The molecule has 0 heterocycles. The van der Waals surface area contributed by atoms with Crippen LogP contribution in [-0.2, 0) is 9.59 Å². The molecule has 0 atom stereocenters. The van der Waals surface area contributed by atoms with Gasteiger partial charge in [0.1, 0.15) is 11.5 Å². The zero-order chi connectivity index (χ0) is 19.2. The molecule has 25 heavy (non-hydrogen) atoms. The molecule has 2 aromatic rings. The molecule has 0 bridgehead atoms. The summed E-state index contributed by atoms with van der Waals surface area (Å²) in [6.45, 7) is 9.93. The Morgan fingerprint density at radius 3 is 1.56 bits per heavy atom. The summed E-state index contributed by atoms with van der Waals surface area (Å²) >= 11 is 4.87. The van der Waals surface area contributed by atoms with Crippen LogP contribution in [0.1, 0.15) is 13.8 Å². The summed E-state index contributed by atoms with van der Waals surface area (Å²) in [6.07, 6.45) is 0. The number of benzene rings is 2. The van der Waals surface area contributed by atoms with Crippen molar-refractivity contribution in [1.29, 1.82) is 0 Å². The first kappa shape index (κ1) is 22.2. The van der Waals surface area contributed by atoms with Crippen molar-refractivity contribution < 1.29 is 19.4 Å². The highest BCUT2D eigenvalue weighted by molar-refractivity contribution is 6.67. The lowest BCUT2D eigenvalue weighted by atomic mass is 10.3. The fourth-order valence-corrected chi connectivity index (χ4v) is 1.11. The second kappa shape index (κ2) is 12.6. The molecule has 1 N–H and O–H groups in total. The highest BCUT2D eigenvalue weighted by atomic mass is 35.5. The number of carbonyl (C=O) groups is 2. The second-order valence-electron chi connectivity index (χ2n) is 4.87. The van der Waals surface area contributed by atoms with Crippen LogP contribution in [-0.4, -0.2) is 16.3 Å². The van der Waals surface area contributed by atoms with Crippen molar-refractivity contribution in [2.75, 3.05) is 0 Å². The molecule has 0 aliphatic rings. The molecular formula is C20H21ClO4. The van der Waals surface area contributed by atoms with Crippen molar-refractivity contribution in [3.8, 4) is 11.5 Å². The topological polar surface area (TPSA) is 63.6 Å². The molecule has 0 unspecified atom stereocenters. The number of hydrogen-bond acceptors (Lipinski definition) is 4. The van der Waals surface area contributed by atoms with Gasteiger partial charge in [-0.1, -0.05) is 49.6 Å². The second-order valence-corrected chi connectivity index (χ2v) is 5.22. The van der Waals surface area contributed by atoms with Crippen LogP contribution in [0.15, 0.2) is 85.0 Å². The minimum Gasteiger partial charge on any atom is -0.508 e. The van der Waals surface area contributed by atoms with Gasteiger partial charge in [-0.15, -0.1) is 0 Å². The highest BCUT2D eigenvalue weighted by Crippen LogP contribution is 2.09. The highest BCUT2D eigenvalue weighted by Gasteiger charge is 2.03. The Labute approximate surface area is 153 Å². The largest absolute Gasteiger partial charge is 0.508 e. The van der Waals surface area contributed by atoms with Crippen molar-refractivity contribution in [1.82, 2.24) is 0 Å². The quantitative estimate of drug-likeness (QED) is 0.366. The monoisotopic (exact) mass is 360 g/mol. The fourth-order valence-electron chi connectivity index (χ4n) is 1.11. The Bertz CT molecular complexity index is 682. The number of phenolic OH excluding ortho intramolecular Hbond substituents is 1. The molecule has 132 valence electrons. The first-order valence-corrected chi connectivity index (χ1v) is 7.64. The molecular weight excluding hydrogens is 340 g/mol. The van der Waals surface area contributed by atoms with Gasteiger partial charge in [0.25, 0.3) is 0 Å². The molecule has 0 aliphatic carbocycles. The summed E-state index contributed by atoms with van der Waals surface area (Å²) in [4.78, 5) is 20.8. The minimum absolute atomic E-state index is 0.322. The molecule has 0 spiro atoms. The van der Waals surface area contributed by atoms with Gasteiger partial charge in [0, 0.05) is 11.1 Å². The lowest BCUT2D eigenvalue weighted by Gasteiger charge is -2.01. The van der Waals surface area contributed by atoms with Gasteiger partial charge in [0.15, 0.2) is 0 Å². The lowest BCUT2D eigenvalue weighted by molar-refractivity contribution is -0.130. The summed E-state index contributed by atoms with van der Waals surface area (Å²) in [5.74, 6) is 0.481. The molecule has 0 amide bonds. The summed E-state index contributed by atoms with van der Waals surface area (Å²) in [6, 6.07) is 17.6. The molecule has 0 saturated carbocycles. The van der Waals surface area contributed by atoms with Crippen LogP contribution in [0.25, 0.3) is 0 Å². The van der Waals surface area contributed by atoms with E-state index in [-0.39, 0.29) is 5.97 Å². The van der Waals surface area contributed by atoms with Gasteiger partial charge >= 0.3 is 5.97 Å². The number of para-hydroxylation sites is 2. The zero-order valence-electron chi connectivity index (χ0n) is 14.2. The van der Waals surface area contributed by atoms with Crippen LogP contribution in [0, 0.1) is 0 Å². The Morgan fingerprint density at radius 1 is 0.880 bits per heavy atom. The van der Waals surface area contributed by atoms with Crippen LogP contribution < -0.4 is 4.74 Å². The Balaban J connectivity index is 0.000000378. The third-order valence-electron chi connectivity index (χ3n) is 2.39. The number of aromatic hydroxyl groups is 1. The maximum absolute atomic E-state index is 11.0. The van der Waals surface area contributed by atoms with Crippen molar-refractivity contribution in [2.45, 2.75) is 13.8 Å². The maximum Gasteiger partial charge on any atom is 0.338 e. The van der Waals surface area contributed by atoms with Crippen LogP contribution >= 0.6 is 11.6 Å². The van der Waals surface area contributed by atoms with Gasteiger partial charge in [-0.3, -0.25) is 4.79 Å². The molecule has 5 heteroatoms. The standard InChI is InChI=1S/C10H10O2.C6H6O.C4H5ClO/c1-8(2)10(11)12-9-6-4-3-5-7-9;7-6-4-2-1-3-5-6;1-3(2)4(5)6/h3-7H,1H2,2H3;1-5,7H;1H2,2H3. The maximum atomic E-state index is 11.0. The van der Waals surface area contributed by atoms with E-state index in [1.165, 1.54) is 0 Å². The van der Waals surface area contributed by atoms with Gasteiger partial charge < -0.3 is 9.84 Å². The molecule has 0 radical (unpaired) electrons. The van der Waals surface area contributed by atoms with E-state index in [2.05, 4.69) is 13.2 Å². The lowest BCUT2D eigenvalue weighted by Crippen LogP contribution is -2.07. The number of ether oxygens (including phenoxy) is 1. The van der Waals surface area contributed by atoms with Crippen molar-refractivity contribution in [3.63, 3.8) is 0 Å². The van der Waals surface area contributed by atoms with Gasteiger partial charge in [0.2, 0.25) is 5.24 Å². The first-order valence-electron chi connectivity index (χ1n) is 7.26. The smallest absolute Gasteiger partial charge is 0.338 e. The fraction of sp³-hybridized carbons (Fsp3) is 0.100. The van der Waals surface area contributed by atoms with Crippen molar-refractivity contribution in [3.05, 3.63) is 85.0 Å². The third kappa shape index (κ3) is 12.3. The predicted molar refractivity (Wildman–Crippen MR) is 101 cm³/mol. The van der Waals surface area contributed by atoms with Gasteiger partial charge in [-0.25, -0.2) is 4.79 Å². The van der Waals surface area contributed by atoms with Crippen molar-refractivity contribution >= 4 is 22.8 Å². The molecule has 4 nitrogen and oxygen atoms in total. The number of allylic oxidation sites excluding steroid dienone is 1. The predicted octanol–water partition coefficient (Wildman–Crippen LogP) is 4.89. The minimum atomic E-state index is -0.463. The first-order chi connectivity index (χ1) is 11.7. The van der Waals surface area contributed by atoms with Gasteiger partial charge in [-0.05, 0) is 49.7 Å². The summed E-state index contributed by atoms with van der Waals surface area (Å²) in [5, 5.41) is 8.17.